The summed E-state index contributed by atoms with van der Waals surface area (Å²) in [6.45, 7) is 11.6. The van der Waals surface area contributed by atoms with Gasteiger partial charge in [-0.2, -0.15) is 0 Å². The average molecular weight is 473 g/mol. The molecule has 1 heterocycles. The van der Waals surface area contributed by atoms with E-state index >= 15 is 0 Å². The number of benzene rings is 1. The van der Waals surface area contributed by atoms with Crippen molar-refractivity contribution in [2.45, 2.75) is 59.0 Å². The fraction of sp³-hybridized carbons (Fsp3) is 0.435. The van der Waals surface area contributed by atoms with Crippen LogP contribution < -0.4 is 0 Å². The molecule has 0 N–H and O–H groups in total. The zero-order valence-electron chi connectivity index (χ0n) is 18.5. The quantitative estimate of drug-likeness (QED) is 0.277. The summed E-state index contributed by atoms with van der Waals surface area (Å²) in [5, 5.41) is -0.194. The minimum atomic E-state index is -1.65. The molecule has 2 aromatic rings. The van der Waals surface area contributed by atoms with Gasteiger partial charge in [-0.3, -0.25) is 4.79 Å². The summed E-state index contributed by atoms with van der Waals surface area (Å²) in [6.07, 6.45) is 2.40. The molecule has 1 aromatic carbocycles. The maximum Gasteiger partial charge on any atom is 0.314 e. The van der Waals surface area contributed by atoms with Crippen LogP contribution >= 0.6 is 11.6 Å². The molecule has 0 fully saturated rings. The highest BCUT2D eigenvalue weighted by molar-refractivity contribution is 6.29. The third-order valence-electron chi connectivity index (χ3n) is 4.79. The molecule has 0 bridgehead atoms. The summed E-state index contributed by atoms with van der Waals surface area (Å²) in [6, 6.07) is 0. The number of ether oxygens (including phenoxy) is 1. The van der Waals surface area contributed by atoms with Crippen molar-refractivity contribution in [3.63, 3.8) is 0 Å². The lowest BCUT2D eigenvalue weighted by atomic mass is 9.89. The van der Waals surface area contributed by atoms with E-state index in [1.165, 1.54) is 12.4 Å². The van der Waals surface area contributed by atoms with Gasteiger partial charge in [-0.05, 0) is 5.92 Å². The molecular formula is C23H25ClF4N2O2. The molecule has 0 aliphatic heterocycles. The largest absolute Gasteiger partial charge is 0.460 e. The van der Waals surface area contributed by atoms with Gasteiger partial charge in [0.05, 0.1) is 11.5 Å². The maximum absolute atomic E-state index is 14.4. The standard InChI is InChI=1S/C23H25ClF4N2O2/c1-11(2)16(13-8-29-22(30-9-13)23(4,5)6)21(31)32-10-15-19(27)17(25)14(7-12(3)24)18(26)20(15)28/h8-9,11,16H,3,7,10H2,1-2,4-6H3. The summed E-state index contributed by atoms with van der Waals surface area (Å²) >= 11 is 5.51. The maximum atomic E-state index is 14.4. The van der Waals surface area contributed by atoms with Crippen molar-refractivity contribution in [2.24, 2.45) is 5.92 Å². The van der Waals surface area contributed by atoms with Gasteiger partial charge in [0, 0.05) is 40.4 Å². The van der Waals surface area contributed by atoms with E-state index in [0.29, 0.717) is 11.4 Å². The first-order chi connectivity index (χ1) is 14.8. The minimum absolute atomic E-state index is 0.194. The number of halogens is 5. The van der Waals surface area contributed by atoms with E-state index in [4.69, 9.17) is 16.3 Å². The van der Waals surface area contributed by atoms with Crippen molar-refractivity contribution in [3.05, 3.63) is 69.8 Å². The lowest BCUT2D eigenvalue weighted by Crippen LogP contribution is -2.23. The summed E-state index contributed by atoms with van der Waals surface area (Å²) in [5.41, 5.74) is -1.75. The van der Waals surface area contributed by atoms with Crippen LogP contribution in [0.2, 0.25) is 0 Å². The first-order valence-corrected chi connectivity index (χ1v) is 10.3. The first kappa shape index (κ1) is 25.8. The highest BCUT2D eigenvalue weighted by Crippen LogP contribution is 2.30. The third kappa shape index (κ3) is 5.65. The van der Waals surface area contributed by atoms with Crippen molar-refractivity contribution in [1.82, 2.24) is 9.97 Å². The average Bonchev–Trinajstić information content (AvgIpc) is 2.69. The van der Waals surface area contributed by atoms with Crippen LogP contribution in [0.1, 0.15) is 63.1 Å². The smallest absolute Gasteiger partial charge is 0.314 e. The predicted molar refractivity (Wildman–Crippen MR) is 113 cm³/mol. The Labute approximate surface area is 189 Å². The Hall–Kier alpha value is -2.48. The number of aromatic nitrogens is 2. The Morgan fingerprint density at radius 1 is 1.03 bits per heavy atom. The Bertz CT molecular complexity index is 989. The molecule has 9 heteroatoms. The summed E-state index contributed by atoms with van der Waals surface area (Å²) in [7, 11) is 0. The van der Waals surface area contributed by atoms with Crippen LogP contribution in [-0.4, -0.2) is 15.9 Å². The molecule has 32 heavy (non-hydrogen) atoms. The fourth-order valence-electron chi connectivity index (χ4n) is 3.11. The molecule has 0 spiro atoms. The minimum Gasteiger partial charge on any atom is -0.460 e. The molecule has 4 nitrogen and oxygen atoms in total. The Morgan fingerprint density at radius 2 is 1.50 bits per heavy atom. The predicted octanol–water partition coefficient (Wildman–Crippen LogP) is 6.11. The lowest BCUT2D eigenvalue weighted by Gasteiger charge is -2.21. The van der Waals surface area contributed by atoms with Crippen LogP contribution in [0.5, 0.6) is 0 Å². The number of hydrogen-bond acceptors (Lipinski definition) is 4. The second-order valence-electron chi connectivity index (χ2n) is 8.83. The van der Waals surface area contributed by atoms with E-state index in [1.807, 2.05) is 20.8 Å². The topological polar surface area (TPSA) is 52.1 Å². The second-order valence-corrected chi connectivity index (χ2v) is 9.36. The van der Waals surface area contributed by atoms with Crippen LogP contribution in [0.4, 0.5) is 17.6 Å². The first-order valence-electron chi connectivity index (χ1n) is 9.91. The highest BCUT2D eigenvalue weighted by atomic mass is 35.5. The van der Waals surface area contributed by atoms with Crippen molar-refractivity contribution in [2.75, 3.05) is 0 Å². The molecule has 2 rings (SSSR count). The van der Waals surface area contributed by atoms with Crippen LogP contribution in [0.15, 0.2) is 24.0 Å². The van der Waals surface area contributed by atoms with E-state index in [9.17, 15) is 22.4 Å². The Balaban J connectivity index is 2.29. The second kappa shape index (κ2) is 9.98. The van der Waals surface area contributed by atoms with Gasteiger partial charge in [-0.15, -0.1) is 0 Å². The van der Waals surface area contributed by atoms with Gasteiger partial charge in [0.1, 0.15) is 12.4 Å². The molecule has 0 radical (unpaired) electrons. The molecule has 174 valence electrons. The molecule has 1 aromatic heterocycles. The number of rotatable bonds is 7. The SMILES string of the molecule is C=C(Cl)Cc1c(F)c(F)c(COC(=O)C(c2cnc(C(C)(C)C)nc2)C(C)C)c(F)c1F. The third-order valence-corrected chi connectivity index (χ3v) is 4.93. The van der Waals surface area contributed by atoms with Crippen molar-refractivity contribution < 1.29 is 27.1 Å². The van der Waals surface area contributed by atoms with Gasteiger partial charge in [-0.25, -0.2) is 27.5 Å². The van der Waals surface area contributed by atoms with E-state index in [-0.39, 0.29) is 16.4 Å². The number of esters is 1. The van der Waals surface area contributed by atoms with Gasteiger partial charge in [0.2, 0.25) is 0 Å². The van der Waals surface area contributed by atoms with E-state index in [0.717, 1.165) is 0 Å². The van der Waals surface area contributed by atoms with Gasteiger partial charge in [-0.1, -0.05) is 52.8 Å². The molecule has 0 aliphatic carbocycles. The Kier molecular flexibility index (Phi) is 8.04. The number of allylic oxidation sites excluding steroid dienone is 1. The number of hydrogen-bond donors (Lipinski definition) is 0. The molecule has 1 unspecified atom stereocenters. The molecule has 0 saturated carbocycles. The van der Waals surface area contributed by atoms with Crippen LogP contribution in [-0.2, 0) is 28.0 Å². The molecule has 0 saturated heterocycles. The van der Waals surface area contributed by atoms with Crippen LogP contribution in [0, 0.1) is 29.2 Å². The lowest BCUT2D eigenvalue weighted by molar-refractivity contribution is -0.148. The zero-order chi connectivity index (χ0) is 24.4. The molecule has 0 aliphatic rings. The summed E-state index contributed by atoms with van der Waals surface area (Å²) in [5.74, 6) is -7.88. The number of carbonyl (C=O) groups is 1. The van der Waals surface area contributed by atoms with Crippen LogP contribution in [0.25, 0.3) is 0 Å². The zero-order valence-corrected chi connectivity index (χ0v) is 19.3. The fourth-order valence-corrected chi connectivity index (χ4v) is 3.24. The van der Waals surface area contributed by atoms with Crippen LogP contribution in [0.3, 0.4) is 0 Å². The van der Waals surface area contributed by atoms with E-state index in [2.05, 4.69) is 16.5 Å². The summed E-state index contributed by atoms with van der Waals surface area (Å²) < 4.78 is 62.3. The van der Waals surface area contributed by atoms with Crippen molar-refractivity contribution >= 4 is 17.6 Å². The molecular weight excluding hydrogens is 448 g/mol. The normalized spacial score (nSPS) is 12.7. The summed E-state index contributed by atoms with van der Waals surface area (Å²) in [4.78, 5) is 21.3. The van der Waals surface area contributed by atoms with Gasteiger partial charge >= 0.3 is 5.97 Å². The number of nitrogens with zero attached hydrogens (tertiary/aromatic N) is 2. The van der Waals surface area contributed by atoms with E-state index in [1.54, 1.807) is 13.8 Å². The Morgan fingerprint density at radius 3 is 1.91 bits per heavy atom. The van der Waals surface area contributed by atoms with Crippen molar-refractivity contribution in [3.8, 4) is 0 Å². The molecule has 1 atom stereocenters. The number of carbonyl (C=O) groups excluding carboxylic acids is 1. The highest BCUT2D eigenvalue weighted by Gasteiger charge is 2.30. The van der Waals surface area contributed by atoms with E-state index < -0.39 is 59.3 Å². The monoisotopic (exact) mass is 472 g/mol. The molecule has 0 amide bonds. The van der Waals surface area contributed by atoms with Gasteiger partial charge in [0.15, 0.2) is 23.3 Å². The van der Waals surface area contributed by atoms with Gasteiger partial charge < -0.3 is 4.74 Å². The van der Waals surface area contributed by atoms with Gasteiger partial charge in [0.25, 0.3) is 0 Å². The van der Waals surface area contributed by atoms with Crippen molar-refractivity contribution in [1.29, 1.82) is 0 Å².